The summed E-state index contributed by atoms with van der Waals surface area (Å²) in [5.41, 5.74) is 1.84. The van der Waals surface area contributed by atoms with Crippen LogP contribution >= 0.6 is 11.3 Å². The van der Waals surface area contributed by atoms with E-state index in [1.807, 2.05) is 35.2 Å². The standard InChI is InChI=1S/C23H29N3O3S/c1-15(27)13-25(14-16(2)28)23-24-21-20(18-11-7-4-8-12-19(18)30-21)22(29)26(23)17-9-5-3-6-10-17/h3,5-6,9-10,15-16,27-28H,4,7-8,11-14H2,1-2H3/t15-,16+. The van der Waals surface area contributed by atoms with Gasteiger partial charge in [-0.15, -0.1) is 11.3 Å². The van der Waals surface area contributed by atoms with E-state index in [4.69, 9.17) is 4.98 Å². The lowest BCUT2D eigenvalue weighted by Gasteiger charge is -2.28. The summed E-state index contributed by atoms with van der Waals surface area (Å²) in [6, 6.07) is 9.51. The highest BCUT2D eigenvalue weighted by molar-refractivity contribution is 7.18. The number of benzene rings is 1. The second-order valence-corrected chi connectivity index (χ2v) is 9.32. The smallest absolute Gasteiger partial charge is 0.268 e. The van der Waals surface area contributed by atoms with Crippen molar-refractivity contribution in [3.05, 3.63) is 51.1 Å². The van der Waals surface area contributed by atoms with Gasteiger partial charge < -0.3 is 15.1 Å². The van der Waals surface area contributed by atoms with E-state index in [9.17, 15) is 15.0 Å². The lowest BCUT2D eigenvalue weighted by molar-refractivity contribution is 0.177. The first-order valence-electron chi connectivity index (χ1n) is 10.7. The van der Waals surface area contributed by atoms with Crippen molar-refractivity contribution in [2.75, 3.05) is 18.0 Å². The number of aliphatic hydroxyl groups is 2. The Morgan fingerprint density at radius 1 is 1.07 bits per heavy atom. The number of fused-ring (bicyclic) bond motifs is 3. The van der Waals surface area contributed by atoms with E-state index >= 15 is 0 Å². The fourth-order valence-corrected chi connectivity index (χ4v) is 5.52. The van der Waals surface area contributed by atoms with Gasteiger partial charge in [0.25, 0.3) is 5.56 Å². The van der Waals surface area contributed by atoms with Crippen LogP contribution in [0.4, 0.5) is 5.95 Å². The molecule has 1 aliphatic rings. The van der Waals surface area contributed by atoms with E-state index in [2.05, 4.69) is 0 Å². The van der Waals surface area contributed by atoms with Gasteiger partial charge in [-0.3, -0.25) is 4.79 Å². The highest BCUT2D eigenvalue weighted by Gasteiger charge is 2.25. The van der Waals surface area contributed by atoms with Gasteiger partial charge in [0.15, 0.2) is 0 Å². The van der Waals surface area contributed by atoms with E-state index in [0.717, 1.165) is 41.6 Å². The third kappa shape index (κ3) is 4.15. The van der Waals surface area contributed by atoms with E-state index in [0.29, 0.717) is 5.95 Å². The van der Waals surface area contributed by atoms with Crippen LogP contribution in [-0.4, -0.2) is 45.1 Å². The molecule has 6 nitrogen and oxygen atoms in total. The molecular formula is C23H29N3O3S. The molecule has 160 valence electrons. The summed E-state index contributed by atoms with van der Waals surface area (Å²) in [4.78, 5) is 22.6. The summed E-state index contributed by atoms with van der Waals surface area (Å²) < 4.78 is 1.64. The molecule has 0 amide bonds. The summed E-state index contributed by atoms with van der Waals surface area (Å²) in [6.45, 7) is 3.96. The van der Waals surface area contributed by atoms with Crippen LogP contribution in [0.2, 0.25) is 0 Å². The molecule has 2 atom stereocenters. The van der Waals surface area contributed by atoms with Crippen molar-refractivity contribution in [2.45, 2.75) is 58.2 Å². The summed E-state index contributed by atoms with van der Waals surface area (Å²) >= 11 is 1.62. The Labute approximate surface area is 180 Å². The van der Waals surface area contributed by atoms with Crippen molar-refractivity contribution in [2.24, 2.45) is 0 Å². The second-order valence-electron chi connectivity index (χ2n) is 8.24. The Bertz CT molecular complexity index is 1060. The predicted octanol–water partition coefficient (Wildman–Crippen LogP) is 3.28. The average Bonchev–Trinajstić information content (AvgIpc) is 2.89. The number of rotatable bonds is 6. The van der Waals surface area contributed by atoms with Crippen molar-refractivity contribution in [1.29, 1.82) is 0 Å². The van der Waals surface area contributed by atoms with Crippen molar-refractivity contribution in [3.8, 4) is 5.69 Å². The number of aromatic nitrogens is 2. The summed E-state index contributed by atoms with van der Waals surface area (Å²) in [5, 5.41) is 20.9. The molecule has 7 heteroatoms. The Kier molecular flexibility index (Phi) is 6.22. The molecule has 30 heavy (non-hydrogen) atoms. The van der Waals surface area contributed by atoms with Gasteiger partial charge in [0.05, 0.1) is 23.3 Å². The molecule has 0 aliphatic heterocycles. The van der Waals surface area contributed by atoms with Crippen molar-refractivity contribution >= 4 is 27.5 Å². The number of nitrogens with zero attached hydrogens (tertiary/aromatic N) is 3. The second kappa shape index (κ2) is 8.88. The molecule has 0 saturated carbocycles. The molecule has 0 bridgehead atoms. The van der Waals surface area contributed by atoms with Crippen LogP contribution in [0.3, 0.4) is 0 Å². The van der Waals surface area contributed by atoms with Crippen LogP contribution in [0.15, 0.2) is 35.1 Å². The highest BCUT2D eigenvalue weighted by Crippen LogP contribution is 2.34. The summed E-state index contributed by atoms with van der Waals surface area (Å²) in [7, 11) is 0. The number of hydrogen-bond acceptors (Lipinski definition) is 6. The van der Waals surface area contributed by atoms with Crippen molar-refractivity contribution < 1.29 is 10.2 Å². The zero-order chi connectivity index (χ0) is 21.3. The number of aryl methyl sites for hydroxylation is 2. The van der Waals surface area contributed by atoms with Gasteiger partial charge in [-0.2, -0.15) is 0 Å². The fraction of sp³-hybridized carbons (Fsp3) is 0.478. The van der Waals surface area contributed by atoms with Gasteiger partial charge >= 0.3 is 0 Å². The quantitative estimate of drug-likeness (QED) is 0.590. The summed E-state index contributed by atoms with van der Waals surface area (Å²) in [5.74, 6) is 0.469. The number of anilines is 1. The monoisotopic (exact) mass is 427 g/mol. The topological polar surface area (TPSA) is 78.6 Å². The Morgan fingerprint density at radius 2 is 1.73 bits per heavy atom. The highest BCUT2D eigenvalue weighted by atomic mass is 32.1. The first-order chi connectivity index (χ1) is 14.5. The molecule has 0 fully saturated rings. The maximum absolute atomic E-state index is 13.8. The zero-order valence-electron chi connectivity index (χ0n) is 17.5. The summed E-state index contributed by atoms with van der Waals surface area (Å²) in [6.07, 6.45) is 4.11. The SMILES string of the molecule is C[C@H](O)CN(C[C@@H](C)O)c1nc2sc3c(c2c(=O)n1-c1ccccc1)CCCCC3. The number of hydrogen-bond donors (Lipinski definition) is 2. The largest absolute Gasteiger partial charge is 0.392 e. The molecule has 2 aromatic heterocycles. The van der Waals surface area contributed by atoms with E-state index in [1.54, 1.807) is 29.8 Å². The van der Waals surface area contributed by atoms with Gasteiger partial charge in [0, 0.05) is 18.0 Å². The Morgan fingerprint density at radius 3 is 2.40 bits per heavy atom. The molecule has 2 heterocycles. The number of para-hydroxylation sites is 1. The first-order valence-corrected chi connectivity index (χ1v) is 11.5. The number of thiophene rings is 1. The van der Waals surface area contributed by atoms with E-state index in [-0.39, 0.29) is 18.6 Å². The predicted molar refractivity (Wildman–Crippen MR) is 122 cm³/mol. The maximum atomic E-state index is 13.8. The van der Waals surface area contributed by atoms with Crippen LogP contribution in [-0.2, 0) is 12.8 Å². The maximum Gasteiger partial charge on any atom is 0.268 e. The van der Waals surface area contributed by atoms with Gasteiger partial charge in [-0.05, 0) is 57.2 Å². The van der Waals surface area contributed by atoms with Crippen molar-refractivity contribution in [1.82, 2.24) is 9.55 Å². The van der Waals surface area contributed by atoms with E-state index < -0.39 is 12.2 Å². The lowest BCUT2D eigenvalue weighted by Crippen LogP contribution is -2.40. The average molecular weight is 428 g/mol. The molecule has 0 saturated heterocycles. The van der Waals surface area contributed by atoms with Gasteiger partial charge in [-0.25, -0.2) is 9.55 Å². The molecule has 2 N–H and O–H groups in total. The molecular weight excluding hydrogens is 398 g/mol. The van der Waals surface area contributed by atoms with Crippen LogP contribution in [0.5, 0.6) is 0 Å². The third-order valence-corrected chi connectivity index (χ3v) is 6.67. The Balaban J connectivity index is 1.99. The minimum absolute atomic E-state index is 0.0678. The molecule has 0 radical (unpaired) electrons. The minimum atomic E-state index is -0.624. The van der Waals surface area contributed by atoms with Gasteiger partial charge in [0.1, 0.15) is 4.83 Å². The van der Waals surface area contributed by atoms with Gasteiger partial charge in [0.2, 0.25) is 5.95 Å². The molecule has 0 unspecified atom stereocenters. The normalized spacial score (nSPS) is 16.1. The van der Waals surface area contributed by atoms with Crippen LogP contribution in [0.1, 0.15) is 43.6 Å². The molecule has 0 spiro atoms. The third-order valence-electron chi connectivity index (χ3n) is 5.49. The van der Waals surface area contributed by atoms with E-state index in [1.165, 1.54) is 16.9 Å². The van der Waals surface area contributed by atoms with Crippen LogP contribution in [0, 0.1) is 0 Å². The zero-order valence-corrected chi connectivity index (χ0v) is 18.4. The lowest BCUT2D eigenvalue weighted by atomic mass is 10.1. The van der Waals surface area contributed by atoms with Crippen LogP contribution < -0.4 is 10.5 Å². The first kappa shape index (κ1) is 21.0. The fourth-order valence-electron chi connectivity index (χ4n) is 4.27. The molecule has 1 aromatic carbocycles. The molecule has 3 aromatic rings. The number of aliphatic hydroxyl groups excluding tert-OH is 2. The molecule has 4 rings (SSSR count). The van der Waals surface area contributed by atoms with Gasteiger partial charge in [-0.1, -0.05) is 24.6 Å². The minimum Gasteiger partial charge on any atom is -0.392 e. The molecule has 1 aliphatic carbocycles. The Hall–Kier alpha value is -2.22. The van der Waals surface area contributed by atoms with Crippen molar-refractivity contribution in [3.63, 3.8) is 0 Å². The van der Waals surface area contributed by atoms with Crippen LogP contribution in [0.25, 0.3) is 15.9 Å².